The quantitative estimate of drug-likeness (QED) is 0.285. The van der Waals surface area contributed by atoms with Crippen LogP contribution in [0.1, 0.15) is 21.9 Å². The molecule has 4 rings (SSSR count). The van der Waals surface area contributed by atoms with Crippen LogP contribution in [0, 0.1) is 11.7 Å². The van der Waals surface area contributed by atoms with Gasteiger partial charge in [0.2, 0.25) is 0 Å². The molecule has 0 aliphatic heterocycles. The second kappa shape index (κ2) is 9.96. The van der Waals surface area contributed by atoms with Crippen LogP contribution in [0.5, 0.6) is 5.75 Å². The molecule has 9 nitrogen and oxygen atoms in total. The van der Waals surface area contributed by atoms with Crippen molar-refractivity contribution in [1.29, 1.82) is 0 Å². The normalized spacial score (nSPS) is 10.6. The van der Waals surface area contributed by atoms with Crippen LogP contribution >= 0.6 is 12.2 Å². The van der Waals surface area contributed by atoms with E-state index in [9.17, 15) is 9.59 Å². The van der Waals surface area contributed by atoms with Crippen LogP contribution in [0.25, 0.3) is 11.4 Å². The van der Waals surface area contributed by atoms with Crippen LogP contribution < -0.4 is 15.6 Å². The lowest BCUT2D eigenvalue weighted by atomic mass is 10.1. The van der Waals surface area contributed by atoms with Crippen LogP contribution in [0.4, 0.5) is 0 Å². The summed E-state index contributed by atoms with van der Waals surface area (Å²) in [6.07, 6.45) is 0. The predicted molar refractivity (Wildman–Crippen MR) is 123 cm³/mol. The van der Waals surface area contributed by atoms with Crippen molar-refractivity contribution in [1.82, 2.24) is 25.6 Å². The molecule has 3 N–H and O–H groups in total. The molecule has 0 saturated heterocycles. The minimum Gasteiger partial charge on any atom is -0.486 e. The molecule has 10 heteroatoms. The number of para-hydroxylation sites is 1. The molecule has 0 bridgehead atoms. The molecule has 0 fully saturated rings. The van der Waals surface area contributed by atoms with Gasteiger partial charge in [0.15, 0.2) is 16.4 Å². The van der Waals surface area contributed by atoms with E-state index in [0.29, 0.717) is 22.1 Å². The summed E-state index contributed by atoms with van der Waals surface area (Å²) < 4.78 is 12.9. The zero-order valence-electron chi connectivity index (χ0n) is 17.7. The van der Waals surface area contributed by atoms with Crippen molar-refractivity contribution in [2.45, 2.75) is 20.1 Å². The molecule has 0 atom stereocenters. The van der Waals surface area contributed by atoms with Gasteiger partial charge in [0.25, 0.3) is 5.91 Å². The number of ether oxygens (including phenoxy) is 1. The number of H-pyrrole nitrogens is 1. The summed E-state index contributed by atoms with van der Waals surface area (Å²) in [5.41, 5.74) is 6.57. The SMILES string of the molecule is Cc1cccc(-c2n[nH]c(=S)n2CC(=O)NNC(=O)c2ccc(COc3ccccc3)o2)c1. The van der Waals surface area contributed by atoms with Crippen LogP contribution in [0.3, 0.4) is 0 Å². The Bertz CT molecular complexity index is 1330. The van der Waals surface area contributed by atoms with E-state index in [1.165, 1.54) is 6.07 Å². The molecular weight excluding hydrogens is 442 g/mol. The topological polar surface area (TPSA) is 114 Å². The van der Waals surface area contributed by atoms with Crippen molar-refractivity contribution in [3.05, 3.63) is 88.6 Å². The first-order valence-corrected chi connectivity index (χ1v) is 10.5. The van der Waals surface area contributed by atoms with Gasteiger partial charge in [-0.2, -0.15) is 5.10 Å². The maximum absolute atomic E-state index is 12.4. The monoisotopic (exact) mass is 463 g/mol. The fraction of sp³-hybridized carbons (Fsp3) is 0.130. The zero-order valence-corrected chi connectivity index (χ0v) is 18.5. The summed E-state index contributed by atoms with van der Waals surface area (Å²) in [5.74, 6) is 0.664. The van der Waals surface area contributed by atoms with Gasteiger partial charge >= 0.3 is 5.91 Å². The third kappa shape index (κ3) is 5.55. The van der Waals surface area contributed by atoms with E-state index in [2.05, 4.69) is 21.0 Å². The van der Waals surface area contributed by atoms with Gasteiger partial charge < -0.3 is 9.15 Å². The summed E-state index contributed by atoms with van der Waals surface area (Å²) in [4.78, 5) is 24.8. The van der Waals surface area contributed by atoms with Gasteiger partial charge in [-0.1, -0.05) is 42.0 Å². The Balaban J connectivity index is 1.33. The highest BCUT2D eigenvalue weighted by Crippen LogP contribution is 2.18. The Hall–Kier alpha value is -4.18. The van der Waals surface area contributed by atoms with Crippen molar-refractivity contribution in [3.8, 4) is 17.1 Å². The summed E-state index contributed by atoms with van der Waals surface area (Å²) in [7, 11) is 0. The number of nitrogens with one attached hydrogen (secondary N) is 3. The first-order chi connectivity index (χ1) is 16.0. The smallest absolute Gasteiger partial charge is 0.305 e. The number of benzene rings is 2. The van der Waals surface area contributed by atoms with E-state index in [1.807, 2.05) is 61.5 Å². The molecule has 168 valence electrons. The van der Waals surface area contributed by atoms with Gasteiger partial charge in [-0.3, -0.25) is 30.1 Å². The Morgan fingerprint density at radius 1 is 1.09 bits per heavy atom. The van der Waals surface area contributed by atoms with Crippen LogP contribution in [0.15, 0.2) is 71.1 Å². The third-order valence-electron chi connectivity index (χ3n) is 4.66. The number of carbonyl (C=O) groups excluding carboxylic acids is 2. The van der Waals surface area contributed by atoms with Gasteiger partial charge in [0.1, 0.15) is 24.7 Å². The molecule has 0 aliphatic carbocycles. The van der Waals surface area contributed by atoms with E-state index in [0.717, 1.165) is 11.1 Å². The minimum absolute atomic E-state index is 0.0438. The molecule has 0 unspecified atom stereocenters. The van der Waals surface area contributed by atoms with E-state index in [-0.39, 0.29) is 18.9 Å². The Morgan fingerprint density at radius 2 is 1.91 bits per heavy atom. The van der Waals surface area contributed by atoms with Crippen LogP contribution in [0.2, 0.25) is 0 Å². The van der Waals surface area contributed by atoms with Crippen molar-refractivity contribution in [2.75, 3.05) is 0 Å². The van der Waals surface area contributed by atoms with E-state index < -0.39 is 11.8 Å². The summed E-state index contributed by atoms with van der Waals surface area (Å²) >= 11 is 5.25. The van der Waals surface area contributed by atoms with E-state index >= 15 is 0 Å². The van der Waals surface area contributed by atoms with Gasteiger partial charge in [0.05, 0.1) is 0 Å². The molecule has 4 aromatic rings. The molecule has 2 heterocycles. The average Bonchev–Trinajstić information content (AvgIpc) is 3.44. The Labute approximate surface area is 194 Å². The molecule has 0 spiro atoms. The highest BCUT2D eigenvalue weighted by molar-refractivity contribution is 7.71. The lowest BCUT2D eigenvalue weighted by molar-refractivity contribution is -0.122. The molecule has 2 aromatic heterocycles. The van der Waals surface area contributed by atoms with Crippen molar-refractivity contribution in [2.24, 2.45) is 0 Å². The van der Waals surface area contributed by atoms with Gasteiger partial charge in [0, 0.05) is 5.56 Å². The van der Waals surface area contributed by atoms with Crippen LogP contribution in [-0.2, 0) is 17.9 Å². The molecule has 0 radical (unpaired) electrons. The number of aromatic nitrogens is 3. The number of hydrogen-bond donors (Lipinski definition) is 3. The number of aromatic amines is 1. The number of aryl methyl sites for hydroxylation is 1. The molecule has 2 aromatic carbocycles. The second-order valence-electron chi connectivity index (χ2n) is 7.18. The number of nitrogens with zero attached hydrogens (tertiary/aromatic N) is 2. The van der Waals surface area contributed by atoms with E-state index in [4.69, 9.17) is 21.4 Å². The second-order valence-corrected chi connectivity index (χ2v) is 7.56. The number of rotatable bonds is 7. The maximum atomic E-state index is 12.4. The van der Waals surface area contributed by atoms with Gasteiger partial charge in [-0.25, -0.2) is 0 Å². The van der Waals surface area contributed by atoms with Gasteiger partial charge in [-0.05, 0) is 49.5 Å². The van der Waals surface area contributed by atoms with Crippen LogP contribution in [-0.4, -0.2) is 26.6 Å². The lowest BCUT2D eigenvalue weighted by Gasteiger charge is -2.09. The largest absolute Gasteiger partial charge is 0.486 e. The Morgan fingerprint density at radius 3 is 2.70 bits per heavy atom. The number of furan rings is 1. The van der Waals surface area contributed by atoms with Gasteiger partial charge in [-0.15, -0.1) is 0 Å². The highest BCUT2D eigenvalue weighted by atomic mass is 32.1. The van der Waals surface area contributed by atoms with Crippen molar-refractivity contribution >= 4 is 24.0 Å². The molecule has 0 aliphatic rings. The van der Waals surface area contributed by atoms with Crippen molar-refractivity contribution < 1.29 is 18.7 Å². The van der Waals surface area contributed by atoms with Crippen molar-refractivity contribution in [3.63, 3.8) is 0 Å². The number of hydrogen-bond acceptors (Lipinski definition) is 6. The molecule has 33 heavy (non-hydrogen) atoms. The highest BCUT2D eigenvalue weighted by Gasteiger charge is 2.15. The average molecular weight is 464 g/mol. The van der Waals surface area contributed by atoms with E-state index in [1.54, 1.807) is 10.6 Å². The zero-order chi connectivity index (χ0) is 23.2. The summed E-state index contributed by atoms with van der Waals surface area (Å²) in [6.45, 7) is 2.00. The molecule has 0 saturated carbocycles. The maximum Gasteiger partial charge on any atom is 0.305 e. The standard InChI is InChI=1S/C23H21N5O4S/c1-15-6-5-7-16(12-15)21-25-27-23(33)28(21)13-20(29)24-26-22(30)19-11-10-18(32-19)14-31-17-8-3-2-4-9-17/h2-12H,13-14H2,1H3,(H,24,29)(H,26,30)(H,27,33). The molecule has 2 amide bonds. The number of amides is 2. The summed E-state index contributed by atoms with van der Waals surface area (Å²) in [5, 5.41) is 6.92. The molecular formula is C23H21N5O4S. The lowest BCUT2D eigenvalue weighted by Crippen LogP contribution is -2.43. The Kier molecular flexibility index (Phi) is 6.65. The first kappa shape index (κ1) is 22.0. The predicted octanol–water partition coefficient (Wildman–Crippen LogP) is 3.55. The first-order valence-electron chi connectivity index (χ1n) is 10.1. The number of hydrazine groups is 1. The number of carbonyl (C=O) groups is 2. The summed E-state index contributed by atoms with van der Waals surface area (Å²) in [6, 6.07) is 20.1. The third-order valence-corrected chi connectivity index (χ3v) is 4.97. The fourth-order valence-electron chi connectivity index (χ4n) is 3.09. The fourth-order valence-corrected chi connectivity index (χ4v) is 3.29. The minimum atomic E-state index is -0.594.